The van der Waals surface area contributed by atoms with Gasteiger partial charge in [0.05, 0.1) is 17.1 Å². The highest BCUT2D eigenvalue weighted by Crippen LogP contribution is 2.27. The first-order valence-corrected chi connectivity index (χ1v) is 8.85. The molecule has 0 saturated carbocycles. The number of halogens is 1. The zero-order valence-electron chi connectivity index (χ0n) is 14.1. The smallest absolute Gasteiger partial charge is 0.114 e. The van der Waals surface area contributed by atoms with Gasteiger partial charge in [0.25, 0.3) is 0 Å². The van der Waals surface area contributed by atoms with Gasteiger partial charge in [-0.25, -0.2) is 4.98 Å². The molecule has 1 unspecified atom stereocenters. The fourth-order valence-corrected chi connectivity index (χ4v) is 3.44. The van der Waals surface area contributed by atoms with Crippen molar-refractivity contribution in [1.82, 2.24) is 9.55 Å². The lowest BCUT2D eigenvalue weighted by molar-refractivity contribution is 0.627. The molecule has 3 heteroatoms. The number of para-hydroxylation sites is 2. The van der Waals surface area contributed by atoms with Crippen LogP contribution in [0.2, 0.25) is 5.02 Å². The standard InChI is InChI=1S/C22H19ClN2/c1-16(18-7-3-2-4-8-18)25-21-10-6-5-9-20(21)24-22(25)15-17-11-13-19(23)14-12-17/h2-14,16H,15H2,1H3. The summed E-state index contributed by atoms with van der Waals surface area (Å²) in [5.74, 6) is 1.07. The van der Waals surface area contributed by atoms with Crippen LogP contribution in [-0.4, -0.2) is 9.55 Å². The highest BCUT2D eigenvalue weighted by Gasteiger charge is 2.17. The minimum absolute atomic E-state index is 0.218. The summed E-state index contributed by atoms with van der Waals surface area (Å²) < 4.78 is 2.35. The van der Waals surface area contributed by atoms with Gasteiger partial charge >= 0.3 is 0 Å². The number of imidazole rings is 1. The van der Waals surface area contributed by atoms with Crippen molar-refractivity contribution in [3.8, 4) is 0 Å². The van der Waals surface area contributed by atoms with Crippen LogP contribution in [0.15, 0.2) is 78.9 Å². The number of rotatable bonds is 4. The number of hydrogen-bond acceptors (Lipinski definition) is 1. The molecule has 4 aromatic rings. The van der Waals surface area contributed by atoms with Gasteiger partial charge in [-0.2, -0.15) is 0 Å². The third kappa shape index (κ3) is 3.18. The van der Waals surface area contributed by atoms with Gasteiger partial charge in [0, 0.05) is 11.4 Å². The third-order valence-corrected chi connectivity index (χ3v) is 4.87. The Morgan fingerprint density at radius 3 is 2.32 bits per heavy atom. The molecule has 0 bridgehead atoms. The SMILES string of the molecule is CC(c1ccccc1)n1c(Cc2ccc(Cl)cc2)nc2ccccc21. The summed E-state index contributed by atoms with van der Waals surface area (Å²) >= 11 is 6.02. The van der Waals surface area contributed by atoms with Gasteiger partial charge in [0.1, 0.15) is 5.82 Å². The molecule has 0 aliphatic heterocycles. The van der Waals surface area contributed by atoms with Crippen LogP contribution in [0.25, 0.3) is 11.0 Å². The monoisotopic (exact) mass is 346 g/mol. The van der Waals surface area contributed by atoms with Crippen LogP contribution < -0.4 is 0 Å². The largest absolute Gasteiger partial charge is 0.320 e. The normalized spacial score (nSPS) is 12.4. The van der Waals surface area contributed by atoms with Crippen molar-refractivity contribution in [2.75, 3.05) is 0 Å². The van der Waals surface area contributed by atoms with Crippen LogP contribution >= 0.6 is 11.6 Å². The zero-order valence-corrected chi connectivity index (χ0v) is 14.8. The molecule has 4 rings (SSSR count). The van der Waals surface area contributed by atoms with Gasteiger partial charge in [-0.15, -0.1) is 0 Å². The lowest BCUT2D eigenvalue weighted by Crippen LogP contribution is -2.11. The van der Waals surface area contributed by atoms with Gasteiger partial charge in [-0.1, -0.05) is 66.2 Å². The van der Waals surface area contributed by atoms with Crippen molar-refractivity contribution >= 4 is 22.6 Å². The van der Waals surface area contributed by atoms with E-state index in [4.69, 9.17) is 16.6 Å². The molecule has 25 heavy (non-hydrogen) atoms. The minimum Gasteiger partial charge on any atom is -0.320 e. The highest BCUT2D eigenvalue weighted by atomic mass is 35.5. The fourth-order valence-electron chi connectivity index (χ4n) is 3.32. The van der Waals surface area contributed by atoms with Crippen LogP contribution in [0.5, 0.6) is 0 Å². The molecule has 0 spiro atoms. The molecule has 1 heterocycles. The maximum atomic E-state index is 6.02. The summed E-state index contributed by atoms with van der Waals surface area (Å²) in [7, 11) is 0. The summed E-state index contributed by atoms with van der Waals surface area (Å²) in [6, 6.07) is 27.1. The van der Waals surface area contributed by atoms with Crippen LogP contribution in [0.4, 0.5) is 0 Å². The van der Waals surface area contributed by atoms with Crippen molar-refractivity contribution in [3.05, 3.63) is 101 Å². The maximum absolute atomic E-state index is 6.02. The molecule has 0 fully saturated rings. The Bertz CT molecular complexity index is 988. The highest BCUT2D eigenvalue weighted by molar-refractivity contribution is 6.30. The fraction of sp³-hybridized carbons (Fsp3) is 0.136. The van der Waals surface area contributed by atoms with E-state index < -0.39 is 0 Å². The molecule has 3 aromatic carbocycles. The second kappa shape index (κ2) is 6.73. The summed E-state index contributed by atoms with van der Waals surface area (Å²) in [4.78, 5) is 4.91. The van der Waals surface area contributed by atoms with E-state index in [9.17, 15) is 0 Å². The van der Waals surface area contributed by atoms with Gasteiger partial charge in [0.15, 0.2) is 0 Å². The van der Waals surface area contributed by atoms with E-state index in [0.717, 1.165) is 22.8 Å². The molecule has 0 aliphatic rings. The first-order valence-electron chi connectivity index (χ1n) is 8.47. The van der Waals surface area contributed by atoms with Crippen molar-refractivity contribution in [2.45, 2.75) is 19.4 Å². The lowest BCUT2D eigenvalue weighted by Gasteiger charge is -2.18. The number of aromatic nitrogens is 2. The lowest BCUT2D eigenvalue weighted by atomic mass is 10.1. The average Bonchev–Trinajstić information content (AvgIpc) is 3.01. The van der Waals surface area contributed by atoms with Crippen molar-refractivity contribution in [1.29, 1.82) is 0 Å². The van der Waals surface area contributed by atoms with E-state index in [-0.39, 0.29) is 6.04 Å². The first-order chi connectivity index (χ1) is 12.2. The molecule has 1 aromatic heterocycles. The summed E-state index contributed by atoms with van der Waals surface area (Å²) in [5.41, 5.74) is 4.70. The Balaban J connectivity index is 1.82. The van der Waals surface area contributed by atoms with Crippen LogP contribution in [0.3, 0.4) is 0 Å². The van der Waals surface area contributed by atoms with Crippen molar-refractivity contribution in [3.63, 3.8) is 0 Å². The second-order valence-electron chi connectivity index (χ2n) is 6.28. The minimum atomic E-state index is 0.218. The van der Waals surface area contributed by atoms with Gasteiger partial charge in [0.2, 0.25) is 0 Å². The van der Waals surface area contributed by atoms with Crippen molar-refractivity contribution < 1.29 is 0 Å². The molecule has 0 saturated heterocycles. The van der Waals surface area contributed by atoms with Crippen LogP contribution in [-0.2, 0) is 6.42 Å². The molecule has 2 nitrogen and oxygen atoms in total. The predicted octanol–water partition coefficient (Wildman–Crippen LogP) is 5.89. The summed E-state index contributed by atoms with van der Waals surface area (Å²) in [6.07, 6.45) is 0.781. The van der Waals surface area contributed by atoms with Gasteiger partial charge in [-0.3, -0.25) is 0 Å². The zero-order chi connectivity index (χ0) is 17.2. The predicted molar refractivity (Wildman–Crippen MR) is 104 cm³/mol. The Morgan fingerprint density at radius 1 is 0.880 bits per heavy atom. The molecule has 0 N–H and O–H groups in total. The third-order valence-electron chi connectivity index (χ3n) is 4.61. The van der Waals surface area contributed by atoms with Crippen molar-refractivity contribution in [2.24, 2.45) is 0 Å². The van der Waals surface area contributed by atoms with Gasteiger partial charge < -0.3 is 4.57 Å². The van der Waals surface area contributed by atoms with E-state index in [1.54, 1.807) is 0 Å². The number of fused-ring (bicyclic) bond motifs is 1. The molecular weight excluding hydrogens is 328 g/mol. The first kappa shape index (κ1) is 15.9. The van der Waals surface area contributed by atoms with Crippen LogP contribution in [0, 0.1) is 0 Å². The molecule has 0 radical (unpaired) electrons. The molecule has 0 amide bonds. The number of benzene rings is 3. The Kier molecular flexibility index (Phi) is 4.29. The molecule has 124 valence electrons. The molecule has 1 atom stereocenters. The Morgan fingerprint density at radius 2 is 1.56 bits per heavy atom. The second-order valence-corrected chi connectivity index (χ2v) is 6.71. The topological polar surface area (TPSA) is 17.8 Å². The maximum Gasteiger partial charge on any atom is 0.114 e. The number of hydrogen-bond donors (Lipinski definition) is 0. The average molecular weight is 347 g/mol. The van der Waals surface area contributed by atoms with E-state index in [1.165, 1.54) is 16.6 Å². The molecular formula is C22H19ClN2. The van der Waals surface area contributed by atoms with E-state index in [0.29, 0.717) is 0 Å². The van der Waals surface area contributed by atoms with E-state index in [2.05, 4.69) is 72.2 Å². The van der Waals surface area contributed by atoms with Gasteiger partial charge in [-0.05, 0) is 42.3 Å². The number of nitrogens with zero attached hydrogens (tertiary/aromatic N) is 2. The van der Waals surface area contributed by atoms with E-state index in [1.807, 2.05) is 18.2 Å². The Labute approximate surface area is 152 Å². The van der Waals surface area contributed by atoms with Crippen LogP contribution in [0.1, 0.15) is 29.9 Å². The summed E-state index contributed by atoms with van der Waals surface area (Å²) in [6.45, 7) is 2.23. The quantitative estimate of drug-likeness (QED) is 0.450. The summed E-state index contributed by atoms with van der Waals surface area (Å²) in [5, 5.41) is 0.759. The molecule has 0 aliphatic carbocycles. The Hall–Kier alpha value is -2.58. The van der Waals surface area contributed by atoms with E-state index >= 15 is 0 Å².